The fourth-order valence-electron chi connectivity index (χ4n) is 3.32. The Kier molecular flexibility index (Phi) is 5.64. The highest BCUT2D eigenvalue weighted by Crippen LogP contribution is 2.30. The average Bonchev–Trinajstić information content (AvgIpc) is 3.43. The number of nitrogens with zero attached hydrogens (tertiary/aromatic N) is 2. The molecule has 0 aliphatic carbocycles. The second-order valence-electron chi connectivity index (χ2n) is 6.96. The van der Waals surface area contributed by atoms with Crippen molar-refractivity contribution in [3.63, 3.8) is 0 Å². The van der Waals surface area contributed by atoms with Crippen molar-refractivity contribution in [3.8, 4) is 22.6 Å². The van der Waals surface area contributed by atoms with Gasteiger partial charge in [0.25, 0.3) is 15.9 Å². The van der Waals surface area contributed by atoms with Crippen LogP contribution in [0.1, 0.15) is 16.1 Å². The fourth-order valence-corrected chi connectivity index (χ4v) is 4.76. The average molecular weight is 454 g/mol. The van der Waals surface area contributed by atoms with Gasteiger partial charge in [0.05, 0.1) is 16.2 Å². The van der Waals surface area contributed by atoms with E-state index in [0.29, 0.717) is 17.7 Å². The number of furan rings is 1. The maximum atomic E-state index is 14.4. The minimum atomic E-state index is -4.11. The normalized spacial score (nSPS) is 11.6. The molecular weight excluding hydrogens is 435 g/mol. The third-order valence-corrected chi connectivity index (χ3v) is 6.45. The first kappa shape index (κ1) is 21.5. The molecule has 0 aliphatic rings. The summed E-state index contributed by atoms with van der Waals surface area (Å²) >= 11 is 0. The van der Waals surface area contributed by atoms with E-state index < -0.39 is 21.9 Å². The van der Waals surface area contributed by atoms with Crippen LogP contribution >= 0.6 is 0 Å². The minimum absolute atomic E-state index is 0.0373. The fraction of sp³-hybridized carbons (Fsp3) is 0.0909. The van der Waals surface area contributed by atoms with E-state index in [2.05, 4.69) is 10.3 Å². The van der Waals surface area contributed by atoms with Gasteiger partial charge in [0, 0.05) is 24.5 Å². The summed E-state index contributed by atoms with van der Waals surface area (Å²) in [4.78, 5) is 14.9. The number of rotatable bonds is 7. The van der Waals surface area contributed by atoms with Crippen molar-refractivity contribution in [2.75, 3.05) is 7.05 Å². The predicted molar refractivity (Wildman–Crippen MR) is 116 cm³/mol. The molecule has 0 unspecified atom stereocenters. The summed E-state index contributed by atoms with van der Waals surface area (Å²) in [5.74, 6) is -1.25. The van der Waals surface area contributed by atoms with Crippen molar-refractivity contribution in [1.29, 1.82) is 0 Å². The van der Waals surface area contributed by atoms with Crippen LogP contribution in [0.25, 0.3) is 22.6 Å². The second-order valence-corrected chi connectivity index (χ2v) is 8.78. The lowest BCUT2D eigenvalue weighted by Gasteiger charge is -2.11. The Morgan fingerprint density at radius 1 is 1.19 bits per heavy atom. The predicted octanol–water partition coefficient (Wildman–Crippen LogP) is 3.00. The van der Waals surface area contributed by atoms with Gasteiger partial charge in [-0.15, -0.1) is 0 Å². The smallest absolute Gasteiger partial charge is 0.284 e. The standard InChI is InChI=1S/C22H19FN4O4S/c1-25-12-14-10-18(17-6-3-9-26-21(17)23)27(13-14)32(29,30)16-5-2-4-15(11-16)19-7-8-20(31-19)22(24)28/h2-11,13,25H,12H2,1H3,(H2,24,28). The molecule has 3 heterocycles. The summed E-state index contributed by atoms with van der Waals surface area (Å²) in [6, 6.07) is 13.6. The number of hydrogen-bond donors (Lipinski definition) is 2. The van der Waals surface area contributed by atoms with Crippen LogP contribution in [0.2, 0.25) is 0 Å². The molecule has 1 amide bonds. The Bertz CT molecular complexity index is 1410. The number of halogens is 1. The molecule has 8 nitrogen and oxygen atoms in total. The number of pyridine rings is 1. The van der Waals surface area contributed by atoms with Crippen LogP contribution in [0.3, 0.4) is 0 Å². The second kappa shape index (κ2) is 8.40. The first-order valence-electron chi connectivity index (χ1n) is 9.53. The van der Waals surface area contributed by atoms with Crippen molar-refractivity contribution in [3.05, 3.63) is 84.3 Å². The molecule has 3 aromatic heterocycles. The number of aromatic nitrogens is 2. The summed E-state index contributed by atoms with van der Waals surface area (Å²) in [5, 5.41) is 2.96. The molecule has 164 valence electrons. The molecule has 0 spiro atoms. The summed E-state index contributed by atoms with van der Waals surface area (Å²) < 4.78 is 48.0. The molecule has 32 heavy (non-hydrogen) atoms. The van der Waals surface area contributed by atoms with Crippen LogP contribution in [0.5, 0.6) is 0 Å². The molecule has 0 saturated carbocycles. The van der Waals surface area contributed by atoms with Gasteiger partial charge in [-0.25, -0.2) is 17.4 Å². The highest BCUT2D eigenvalue weighted by Gasteiger charge is 2.24. The van der Waals surface area contributed by atoms with Gasteiger partial charge < -0.3 is 15.5 Å². The van der Waals surface area contributed by atoms with Gasteiger partial charge in [-0.2, -0.15) is 4.39 Å². The molecule has 0 saturated heterocycles. The third-order valence-electron chi connectivity index (χ3n) is 4.78. The highest BCUT2D eigenvalue weighted by atomic mass is 32.2. The Balaban J connectivity index is 1.83. The monoisotopic (exact) mass is 454 g/mol. The first-order valence-corrected chi connectivity index (χ1v) is 11.0. The van der Waals surface area contributed by atoms with E-state index in [1.165, 1.54) is 48.8 Å². The molecule has 4 aromatic rings. The van der Waals surface area contributed by atoms with E-state index in [-0.39, 0.29) is 27.7 Å². The zero-order valence-corrected chi connectivity index (χ0v) is 17.8. The highest BCUT2D eigenvalue weighted by molar-refractivity contribution is 7.90. The van der Waals surface area contributed by atoms with E-state index in [0.717, 1.165) is 3.97 Å². The molecule has 10 heteroatoms. The Morgan fingerprint density at radius 3 is 2.69 bits per heavy atom. The molecule has 1 aromatic carbocycles. The number of carbonyl (C=O) groups is 1. The maximum absolute atomic E-state index is 14.4. The van der Waals surface area contributed by atoms with Crippen molar-refractivity contribution < 1.29 is 22.0 Å². The van der Waals surface area contributed by atoms with E-state index in [9.17, 15) is 17.6 Å². The zero-order chi connectivity index (χ0) is 22.9. The molecule has 0 fully saturated rings. The summed E-state index contributed by atoms with van der Waals surface area (Å²) in [7, 11) is -2.39. The maximum Gasteiger partial charge on any atom is 0.284 e. The molecule has 3 N–H and O–H groups in total. The van der Waals surface area contributed by atoms with E-state index in [1.54, 1.807) is 25.2 Å². The number of nitrogens with one attached hydrogen (secondary N) is 1. The SMILES string of the molecule is CNCc1cc(-c2cccnc2F)n(S(=O)(=O)c2cccc(-c3ccc(C(N)=O)o3)c2)c1. The van der Waals surface area contributed by atoms with Crippen LogP contribution in [0, 0.1) is 5.95 Å². The summed E-state index contributed by atoms with van der Waals surface area (Å²) in [6.07, 6.45) is 2.74. The number of hydrogen-bond acceptors (Lipinski definition) is 6. The molecule has 0 aliphatic heterocycles. The van der Waals surface area contributed by atoms with E-state index in [1.807, 2.05) is 0 Å². The van der Waals surface area contributed by atoms with Crippen LogP contribution < -0.4 is 11.1 Å². The van der Waals surface area contributed by atoms with Crippen LogP contribution in [-0.2, 0) is 16.6 Å². The summed E-state index contributed by atoms with van der Waals surface area (Å²) in [6.45, 7) is 0.389. The lowest BCUT2D eigenvalue weighted by Crippen LogP contribution is -2.14. The molecule has 0 atom stereocenters. The molecule has 0 bridgehead atoms. The molecule has 4 rings (SSSR count). The summed E-state index contributed by atoms with van der Waals surface area (Å²) in [5.41, 5.74) is 6.53. The van der Waals surface area contributed by atoms with Gasteiger partial charge in [0.15, 0.2) is 5.76 Å². The molecular formula is C22H19FN4O4S. The van der Waals surface area contributed by atoms with Gasteiger partial charge in [-0.05, 0) is 55.1 Å². The van der Waals surface area contributed by atoms with E-state index in [4.69, 9.17) is 10.2 Å². The quantitative estimate of drug-likeness (QED) is 0.414. The van der Waals surface area contributed by atoms with Gasteiger partial charge in [0.1, 0.15) is 5.76 Å². The number of carbonyl (C=O) groups excluding carboxylic acids is 1. The van der Waals surface area contributed by atoms with Gasteiger partial charge in [0.2, 0.25) is 5.95 Å². The van der Waals surface area contributed by atoms with Crippen molar-refractivity contribution in [2.24, 2.45) is 5.73 Å². The number of primary amides is 1. The lowest BCUT2D eigenvalue weighted by atomic mass is 10.2. The van der Waals surface area contributed by atoms with Gasteiger partial charge in [-0.3, -0.25) is 4.79 Å². The Morgan fingerprint density at radius 2 is 2.00 bits per heavy atom. The topological polar surface area (TPSA) is 120 Å². The van der Waals surface area contributed by atoms with Crippen LogP contribution in [-0.4, -0.2) is 30.3 Å². The third kappa shape index (κ3) is 3.93. The first-order chi connectivity index (χ1) is 15.3. The zero-order valence-electron chi connectivity index (χ0n) is 16.9. The van der Waals surface area contributed by atoms with Crippen molar-refractivity contribution in [2.45, 2.75) is 11.4 Å². The lowest BCUT2D eigenvalue weighted by molar-refractivity contribution is 0.0974. The largest absolute Gasteiger partial charge is 0.451 e. The van der Waals surface area contributed by atoms with Gasteiger partial charge >= 0.3 is 0 Å². The Hall–Kier alpha value is -3.76. The number of benzene rings is 1. The van der Waals surface area contributed by atoms with Crippen molar-refractivity contribution >= 4 is 15.9 Å². The van der Waals surface area contributed by atoms with Crippen molar-refractivity contribution in [1.82, 2.24) is 14.3 Å². The molecule has 0 radical (unpaired) electrons. The van der Waals surface area contributed by atoms with E-state index >= 15 is 0 Å². The minimum Gasteiger partial charge on any atom is -0.451 e. The van der Waals surface area contributed by atoms with Gasteiger partial charge in [-0.1, -0.05) is 12.1 Å². The number of amides is 1. The number of nitrogens with two attached hydrogens (primary N) is 1. The van der Waals surface area contributed by atoms with Crippen LogP contribution in [0.4, 0.5) is 4.39 Å². The Labute approximate surface area is 183 Å². The van der Waals surface area contributed by atoms with Crippen LogP contribution in [0.15, 0.2) is 76.3 Å².